The van der Waals surface area contributed by atoms with Crippen molar-refractivity contribution < 1.29 is 4.79 Å². The third-order valence-electron chi connectivity index (χ3n) is 4.11. The lowest BCUT2D eigenvalue weighted by atomic mass is 10.0. The Bertz CT molecular complexity index is 675. The van der Waals surface area contributed by atoms with E-state index in [1.807, 2.05) is 10.8 Å². The molecule has 2 heterocycles. The minimum atomic E-state index is -0.107. The Morgan fingerprint density at radius 3 is 2.95 bits per heavy atom. The molecule has 0 atom stereocenters. The van der Waals surface area contributed by atoms with Gasteiger partial charge in [0.2, 0.25) is 0 Å². The quantitative estimate of drug-likeness (QED) is 0.915. The molecule has 2 aromatic heterocycles. The Kier molecular flexibility index (Phi) is 2.99. The van der Waals surface area contributed by atoms with Gasteiger partial charge in [-0.25, -0.2) is 4.98 Å². The van der Waals surface area contributed by atoms with Gasteiger partial charge in [0.15, 0.2) is 5.13 Å². The summed E-state index contributed by atoms with van der Waals surface area (Å²) in [7, 11) is 0. The van der Waals surface area contributed by atoms with Crippen LogP contribution in [0.3, 0.4) is 0 Å². The van der Waals surface area contributed by atoms with Gasteiger partial charge >= 0.3 is 0 Å². The highest BCUT2D eigenvalue weighted by atomic mass is 32.1. The van der Waals surface area contributed by atoms with E-state index < -0.39 is 0 Å². The number of nitrogen functional groups attached to an aromatic ring is 1. The molecule has 0 aliphatic heterocycles. The van der Waals surface area contributed by atoms with Crippen LogP contribution >= 0.6 is 11.3 Å². The van der Waals surface area contributed by atoms with Gasteiger partial charge in [0, 0.05) is 17.1 Å². The summed E-state index contributed by atoms with van der Waals surface area (Å²) in [5.74, 6) is -0.107. The number of nitrogens with zero attached hydrogens (tertiary/aromatic N) is 2. The molecule has 2 aromatic rings. The number of aryl methyl sites for hydroxylation is 2. The first-order valence-electron chi connectivity index (χ1n) is 7.48. The van der Waals surface area contributed by atoms with Crippen LogP contribution in [-0.4, -0.2) is 15.5 Å². The summed E-state index contributed by atoms with van der Waals surface area (Å²) in [6.07, 6.45) is 8.66. The summed E-state index contributed by atoms with van der Waals surface area (Å²) in [6, 6.07) is 2.19. The minimum absolute atomic E-state index is 0.107. The number of hydrogen-bond donors (Lipinski definition) is 2. The molecule has 110 valence electrons. The summed E-state index contributed by atoms with van der Waals surface area (Å²) in [5.41, 5.74) is 8.29. The Morgan fingerprint density at radius 2 is 2.19 bits per heavy atom. The first-order valence-corrected chi connectivity index (χ1v) is 8.29. The van der Waals surface area contributed by atoms with Crippen LogP contribution in [0, 0.1) is 0 Å². The molecule has 1 fully saturated rings. The lowest BCUT2D eigenvalue weighted by Crippen LogP contribution is -2.16. The van der Waals surface area contributed by atoms with Gasteiger partial charge in [-0.05, 0) is 44.6 Å². The van der Waals surface area contributed by atoms with Gasteiger partial charge in [0.05, 0.1) is 11.4 Å². The third kappa shape index (κ3) is 2.44. The van der Waals surface area contributed by atoms with E-state index in [-0.39, 0.29) is 5.91 Å². The predicted molar refractivity (Wildman–Crippen MR) is 83.8 cm³/mol. The molecule has 2 aliphatic carbocycles. The molecule has 4 rings (SSSR count). The second kappa shape index (κ2) is 4.87. The predicted octanol–water partition coefficient (Wildman–Crippen LogP) is 2.99. The number of thiazole rings is 1. The van der Waals surface area contributed by atoms with Crippen LogP contribution in [0.15, 0.2) is 12.3 Å². The van der Waals surface area contributed by atoms with E-state index in [9.17, 15) is 4.79 Å². The lowest BCUT2D eigenvalue weighted by Gasteiger charge is -2.06. The average molecular weight is 302 g/mol. The van der Waals surface area contributed by atoms with Crippen LogP contribution in [0.5, 0.6) is 0 Å². The van der Waals surface area contributed by atoms with Crippen LogP contribution in [0.25, 0.3) is 0 Å². The maximum atomic E-state index is 12.5. The zero-order valence-electron chi connectivity index (χ0n) is 11.8. The molecule has 1 amide bonds. The van der Waals surface area contributed by atoms with Crippen LogP contribution in [0.4, 0.5) is 10.8 Å². The Hall–Kier alpha value is -1.82. The fourth-order valence-electron chi connectivity index (χ4n) is 2.90. The molecule has 2 aliphatic rings. The first kappa shape index (κ1) is 12.9. The van der Waals surface area contributed by atoms with Crippen molar-refractivity contribution in [2.45, 2.75) is 44.6 Å². The summed E-state index contributed by atoms with van der Waals surface area (Å²) in [6.45, 7) is 0. The molecular formula is C15H18N4OS. The molecule has 0 spiro atoms. The smallest absolute Gasteiger partial charge is 0.274 e. The molecule has 0 aromatic carbocycles. The standard InChI is InChI=1S/C15H18N4OS/c16-9-7-12(19(8-9)10-5-6-10)14(20)18-15-17-11-3-1-2-4-13(11)21-15/h7-8,10H,1-6,16H2,(H,17,18,20). The van der Waals surface area contributed by atoms with Crippen LogP contribution in [0.1, 0.15) is 52.8 Å². The molecule has 0 unspecified atom stereocenters. The topological polar surface area (TPSA) is 72.9 Å². The number of amides is 1. The Balaban J connectivity index is 1.56. The highest BCUT2D eigenvalue weighted by Crippen LogP contribution is 2.37. The average Bonchev–Trinajstić information content (AvgIpc) is 3.11. The maximum absolute atomic E-state index is 12.5. The van der Waals surface area contributed by atoms with Crippen molar-refractivity contribution in [3.05, 3.63) is 28.5 Å². The highest BCUT2D eigenvalue weighted by molar-refractivity contribution is 7.15. The molecule has 5 nitrogen and oxygen atoms in total. The van der Waals surface area contributed by atoms with E-state index in [1.165, 1.54) is 23.4 Å². The molecule has 0 radical (unpaired) electrons. The van der Waals surface area contributed by atoms with Crippen molar-refractivity contribution in [1.29, 1.82) is 0 Å². The van der Waals surface area contributed by atoms with Crippen LogP contribution < -0.4 is 11.1 Å². The number of anilines is 2. The van der Waals surface area contributed by atoms with E-state index >= 15 is 0 Å². The van der Waals surface area contributed by atoms with Crippen molar-refractivity contribution in [2.24, 2.45) is 0 Å². The van der Waals surface area contributed by atoms with Gasteiger partial charge in [-0.1, -0.05) is 0 Å². The van der Waals surface area contributed by atoms with Crippen molar-refractivity contribution in [3.63, 3.8) is 0 Å². The Morgan fingerprint density at radius 1 is 1.38 bits per heavy atom. The van der Waals surface area contributed by atoms with Gasteiger partial charge in [-0.2, -0.15) is 0 Å². The second-order valence-corrected chi connectivity index (χ2v) is 6.93. The van der Waals surface area contributed by atoms with Crippen molar-refractivity contribution >= 4 is 28.1 Å². The van der Waals surface area contributed by atoms with Gasteiger partial charge in [0.25, 0.3) is 5.91 Å². The second-order valence-electron chi connectivity index (χ2n) is 5.85. The summed E-state index contributed by atoms with van der Waals surface area (Å²) >= 11 is 1.61. The van der Waals surface area contributed by atoms with Crippen molar-refractivity contribution in [1.82, 2.24) is 9.55 Å². The maximum Gasteiger partial charge on any atom is 0.274 e. The van der Waals surface area contributed by atoms with Gasteiger partial charge in [0.1, 0.15) is 5.69 Å². The van der Waals surface area contributed by atoms with Gasteiger partial charge < -0.3 is 10.3 Å². The van der Waals surface area contributed by atoms with Crippen LogP contribution in [0.2, 0.25) is 0 Å². The number of rotatable bonds is 3. The first-order chi connectivity index (χ1) is 10.2. The van der Waals surface area contributed by atoms with E-state index in [0.717, 1.165) is 25.7 Å². The molecule has 6 heteroatoms. The van der Waals surface area contributed by atoms with E-state index in [4.69, 9.17) is 5.73 Å². The van der Waals surface area contributed by atoms with Crippen molar-refractivity contribution in [2.75, 3.05) is 11.1 Å². The number of hydrogen-bond acceptors (Lipinski definition) is 4. The number of nitrogens with one attached hydrogen (secondary N) is 1. The molecule has 3 N–H and O–H groups in total. The number of aromatic nitrogens is 2. The molecule has 1 saturated carbocycles. The number of fused-ring (bicyclic) bond motifs is 1. The Labute approximate surface area is 127 Å². The molecule has 0 bridgehead atoms. The van der Waals surface area contributed by atoms with Crippen LogP contribution in [-0.2, 0) is 12.8 Å². The van der Waals surface area contributed by atoms with E-state index in [1.54, 1.807) is 17.4 Å². The largest absolute Gasteiger partial charge is 0.397 e. The van der Waals surface area contributed by atoms with Gasteiger partial charge in [-0.3, -0.25) is 10.1 Å². The van der Waals surface area contributed by atoms with Crippen molar-refractivity contribution in [3.8, 4) is 0 Å². The lowest BCUT2D eigenvalue weighted by molar-refractivity contribution is 0.101. The monoisotopic (exact) mass is 302 g/mol. The molecule has 21 heavy (non-hydrogen) atoms. The SMILES string of the molecule is Nc1cc(C(=O)Nc2nc3c(s2)CCCC3)n(C2CC2)c1. The highest BCUT2D eigenvalue weighted by Gasteiger charge is 2.28. The number of nitrogens with two attached hydrogens (primary N) is 1. The summed E-state index contributed by atoms with van der Waals surface area (Å²) in [5, 5.41) is 3.66. The minimum Gasteiger partial charge on any atom is -0.397 e. The summed E-state index contributed by atoms with van der Waals surface area (Å²) in [4.78, 5) is 18.4. The zero-order valence-corrected chi connectivity index (χ0v) is 12.6. The normalized spacial score (nSPS) is 17.5. The number of carbonyl (C=O) groups excluding carboxylic acids is 1. The molecule has 0 saturated heterocycles. The van der Waals surface area contributed by atoms with Gasteiger partial charge in [-0.15, -0.1) is 11.3 Å². The van der Waals surface area contributed by atoms with E-state index in [2.05, 4.69) is 10.3 Å². The zero-order chi connectivity index (χ0) is 14.4. The fourth-order valence-corrected chi connectivity index (χ4v) is 3.95. The fraction of sp³-hybridized carbons (Fsp3) is 0.467. The molecular weight excluding hydrogens is 284 g/mol. The number of carbonyl (C=O) groups is 1. The third-order valence-corrected chi connectivity index (χ3v) is 5.18. The summed E-state index contributed by atoms with van der Waals surface area (Å²) < 4.78 is 2.00. The van der Waals surface area contributed by atoms with E-state index in [0.29, 0.717) is 22.6 Å².